The molecule has 0 aromatic rings. The lowest BCUT2D eigenvalue weighted by molar-refractivity contribution is -0.161. The molecule has 0 rings (SSSR count). The fraction of sp³-hybridized carbons (Fsp3) is 0.949. The standard InChI is InChI=1S/C79H154O17P2/c1-6-10-13-16-19-22-25-27-29-31-33-35-38-44-49-54-59-64-78(83)95-74(69-90-77(82)63-58-53-48-43-37-34-32-30-28-26-23-20-17-14-11-7-2)70-93-97(85,86)91-66-73(80)67-92-98(87,88)94-71-75(68-89-76(81)62-57-52-47-42-36-24-21-18-15-12-8-3)96-79(84)65-60-55-50-45-40-39-41-46-51-56-61-72(5)9-4/h72-75,80H,6-71H2,1-5H3,(H,85,86)(H,87,88)/t72?,73-,74-,75-/m1/s1. The van der Waals surface area contributed by atoms with Crippen LogP contribution < -0.4 is 0 Å². The average Bonchev–Trinajstić information content (AvgIpc) is 0.979. The van der Waals surface area contributed by atoms with E-state index in [4.69, 9.17) is 37.0 Å². The minimum atomic E-state index is -4.96. The Morgan fingerprint density at radius 1 is 0.286 bits per heavy atom. The van der Waals surface area contributed by atoms with Crippen molar-refractivity contribution in [2.45, 2.75) is 438 Å². The number of hydrogen-bond donors (Lipinski definition) is 3. The highest BCUT2D eigenvalue weighted by Gasteiger charge is 2.30. The van der Waals surface area contributed by atoms with Gasteiger partial charge in [-0.15, -0.1) is 0 Å². The highest BCUT2D eigenvalue weighted by Crippen LogP contribution is 2.45. The van der Waals surface area contributed by atoms with E-state index < -0.39 is 97.5 Å². The van der Waals surface area contributed by atoms with E-state index in [1.54, 1.807) is 0 Å². The van der Waals surface area contributed by atoms with Crippen molar-refractivity contribution in [2.24, 2.45) is 5.92 Å². The van der Waals surface area contributed by atoms with E-state index in [9.17, 15) is 43.2 Å². The minimum Gasteiger partial charge on any atom is -0.462 e. The first-order chi connectivity index (χ1) is 47.6. The number of phosphoric ester groups is 2. The van der Waals surface area contributed by atoms with Crippen LogP contribution in [-0.2, 0) is 65.4 Å². The third kappa shape index (κ3) is 71.1. The van der Waals surface area contributed by atoms with Crippen molar-refractivity contribution in [3.8, 4) is 0 Å². The predicted molar refractivity (Wildman–Crippen MR) is 400 cm³/mol. The highest BCUT2D eigenvalue weighted by molar-refractivity contribution is 7.47. The number of ether oxygens (including phenoxy) is 4. The Kier molecular flexibility index (Phi) is 70.6. The van der Waals surface area contributed by atoms with Gasteiger partial charge in [-0.3, -0.25) is 37.3 Å². The van der Waals surface area contributed by atoms with Gasteiger partial charge in [0.2, 0.25) is 0 Å². The van der Waals surface area contributed by atoms with Crippen LogP contribution in [0.25, 0.3) is 0 Å². The molecule has 0 aliphatic carbocycles. The molecular weight excluding hydrogens is 1280 g/mol. The maximum absolute atomic E-state index is 13.1. The fourth-order valence-electron chi connectivity index (χ4n) is 12.2. The van der Waals surface area contributed by atoms with Crippen LogP contribution in [-0.4, -0.2) is 96.7 Å². The van der Waals surface area contributed by atoms with Crippen LogP contribution in [0.15, 0.2) is 0 Å². The van der Waals surface area contributed by atoms with E-state index in [0.717, 1.165) is 95.8 Å². The summed E-state index contributed by atoms with van der Waals surface area (Å²) in [5, 5.41) is 10.6. The number of esters is 4. The normalized spacial score (nSPS) is 14.2. The second kappa shape index (κ2) is 72.0. The van der Waals surface area contributed by atoms with Crippen molar-refractivity contribution >= 4 is 39.5 Å². The Morgan fingerprint density at radius 2 is 0.490 bits per heavy atom. The molecule has 0 bridgehead atoms. The van der Waals surface area contributed by atoms with Crippen molar-refractivity contribution in [3.63, 3.8) is 0 Å². The number of aliphatic hydroxyl groups is 1. The predicted octanol–water partition coefficient (Wildman–Crippen LogP) is 23.6. The van der Waals surface area contributed by atoms with Gasteiger partial charge in [0.05, 0.1) is 26.4 Å². The van der Waals surface area contributed by atoms with E-state index in [-0.39, 0.29) is 25.7 Å². The van der Waals surface area contributed by atoms with Crippen molar-refractivity contribution in [1.82, 2.24) is 0 Å². The van der Waals surface area contributed by atoms with E-state index in [1.165, 1.54) is 244 Å². The maximum Gasteiger partial charge on any atom is 0.472 e. The lowest BCUT2D eigenvalue weighted by Crippen LogP contribution is -2.30. The van der Waals surface area contributed by atoms with E-state index in [2.05, 4.69) is 34.6 Å². The number of carbonyl (C=O) groups is 4. The number of hydrogen-bond acceptors (Lipinski definition) is 15. The summed E-state index contributed by atoms with van der Waals surface area (Å²) >= 11 is 0. The Bertz CT molecular complexity index is 1880. The lowest BCUT2D eigenvalue weighted by atomic mass is 9.99. The van der Waals surface area contributed by atoms with Crippen molar-refractivity contribution in [2.75, 3.05) is 39.6 Å². The smallest absolute Gasteiger partial charge is 0.462 e. The van der Waals surface area contributed by atoms with Crippen LogP contribution in [0.3, 0.4) is 0 Å². The number of rotatable bonds is 79. The van der Waals surface area contributed by atoms with Crippen molar-refractivity contribution in [3.05, 3.63) is 0 Å². The molecule has 0 amide bonds. The Balaban J connectivity index is 5.26. The first kappa shape index (κ1) is 96.1. The maximum atomic E-state index is 13.1. The number of unbranched alkanes of at least 4 members (excludes halogenated alkanes) is 50. The summed E-state index contributed by atoms with van der Waals surface area (Å²) in [5.74, 6) is -1.30. The van der Waals surface area contributed by atoms with Crippen LogP contribution in [0.1, 0.15) is 420 Å². The zero-order chi connectivity index (χ0) is 71.9. The van der Waals surface area contributed by atoms with Crippen molar-refractivity contribution in [1.29, 1.82) is 0 Å². The van der Waals surface area contributed by atoms with Gasteiger partial charge in [0.1, 0.15) is 19.3 Å². The third-order valence-electron chi connectivity index (χ3n) is 18.9. The van der Waals surface area contributed by atoms with Gasteiger partial charge in [-0.1, -0.05) is 369 Å². The second-order valence-corrected chi connectivity index (χ2v) is 31.6. The molecule has 3 N–H and O–H groups in total. The molecule has 0 saturated heterocycles. The summed E-state index contributed by atoms with van der Waals surface area (Å²) in [7, 11) is -9.92. The fourth-order valence-corrected chi connectivity index (χ4v) is 13.8. The molecule has 0 spiro atoms. The van der Waals surface area contributed by atoms with E-state index in [1.807, 2.05) is 0 Å². The summed E-state index contributed by atoms with van der Waals surface area (Å²) in [5.41, 5.74) is 0. The summed E-state index contributed by atoms with van der Waals surface area (Å²) in [6.45, 7) is 7.35. The molecule has 0 heterocycles. The van der Waals surface area contributed by atoms with E-state index in [0.29, 0.717) is 25.7 Å². The summed E-state index contributed by atoms with van der Waals surface area (Å²) < 4.78 is 68.7. The molecule has 3 unspecified atom stereocenters. The summed E-state index contributed by atoms with van der Waals surface area (Å²) in [6.07, 6.45) is 62.2. The van der Waals surface area contributed by atoms with Gasteiger partial charge in [0.15, 0.2) is 12.2 Å². The first-order valence-corrected chi connectivity index (χ1v) is 44.2. The van der Waals surface area contributed by atoms with Gasteiger partial charge in [0.25, 0.3) is 0 Å². The lowest BCUT2D eigenvalue weighted by Gasteiger charge is -2.21. The van der Waals surface area contributed by atoms with Crippen LogP contribution in [0.2, 0.25) is 0 Å². The van der Waals surface area contributed by atoms with Crippen LogP contribution in [0.4, 0.5) is 0 Å². The van der Waals surface area contributed by atoms with Crippen LogP contribution in [0.5, 0.6) is 0 Å². The Labute approximate surface area is 600 Å². The monoisotopic (exact) mass is 1440 g/mol. The number of phosphoric acid groups is 2. The number of carbonyl (C=O) groups excluding carboxylic acids is 4. The zero-order valence-corrected chi connectivity index (χ0v) is 65.7. The van der Waals surface area contributed by atoms with Crippen LogP contribution in [0, 0.1) is 5.92 Å². The largest absolute Gasteiger partial charge is 0.472 e. The van der Waals surface area contributed by atoms with Gasteiger partial charge in [-0.2, -0.15) is 0 Å². The van der Waals surface area contributed by atoms with Crippen molar-refractivity contribution < 1.29 is 80.2 Å². The molecule has 0 aliphatic rings. The molecule has 0 fully saturated rings. The van der Waals surface area contributed by atoms with Gasteiger partial charge in [0, 0.05) is 25.7 Å². The van der Waals surface area contributed by atoms with Gasteiger partial charge in [-0.25, -0.2) is 9.13 Å². The third-order valence-corrected chi connectivity index (χ3v) is 20.8. The zero-order valence-electron chi connectivity index (χ0n) is 63.9. The molecule has 19 heteroatoms. The molecule has 0 aromatic carbocycles. The SMILES string of the molecule is CCCCCCCCCCCCCCCCCCCC(=O)O[C@H](COC(=O)CCCCCCCCCCCCCCCCCC)COP(=O)(O)OC[C@@H](O)COP(=O)(O)OC[C@@H](COC(=O)CCCCCCCCCCCCC)OC(=O)CCCCCCCCCCCCC(C)CC. The summed E-state index contributed by atoms with van der Waals surface area (Å²) in [4.78, 5) is 73.0. The molecule has 98 heavy (non-hydrogen) atoms. The molecular formula is C79H154O17P2. The topological polar surface area (TPSA) is 237 Å². The first-order valence-electron chi connectivity index (χ1n) is 41.2. The number of aliphatic hydroxyl groups excluding tert-OH is 1. The molecule has 0 aliphatic heterocycles. The molecule has 582 valence electrons. The molecule has 6 atom stereocenters. The highest BCUT2D eigenvalue weighted by atomic mass is 31.2. The van der Waals surface area contributed by atoms with Gasteiger partial charge < -0.3 is 33.8 Å². The summed E-state index contributed by atoms with van der Waals surface area (Å²) in [6, 6.07) is 0. The molecule has 17 nitrogen and oxygen atoms in total. The van der Waals surface area contributed by atoms with Gasteiger partial charge >= 0.3 is 39.5 Å². The van der Waals surface area contributed by atoms with Crippen LogP contribution >= 0.6 is 15.6 Å². The average molecular weight is 1440 g/mol. The van der Waals surface area contributed by atoms with E-state index >= 15 is 0 Å². The minimum absolute atomic E-state index is 0.107. The van der Waals surface area contributed by atoms with Gasteiger partial charge in [-0.05, 0) is 31.6 Å². The molecule has 0 saturated carbocycles. The second-order valence-electron chi connectivity index (χ2n) is 28.7. The Morgan fingerprint density at radius 3 is 0.724 bits per heavy atom. The quantitative estimate of drug-likeness (QED) is 0.0222. The Hall–Kier alpha value is -1.94. The molecule has 0 radical (unpaired) electrons. The molecule has 0 aromatic heterocycles.